The molecule has 154 valence electrons. The molecule has 1 heterocycles. The predicted octanol–water partition coefficient (Wildman–Crippen LogP) is 5.26. The molecule has 0 saturated carbocycles. The Kier molecular flexibility index (Phi) is 6.45. The van der Waals surface area contributed by atoms with E-state index in [4.69, 9.17) is 9.84 Å². The third-order valence-corrected chi connectivity index (χ3v) is 5.36. The average Bonchev–Trinajstić information content (AvgIpc) is 3.10. The van der Waals surface area contributed by atoms with Crippen molar-refractivity contribution in [2.75, 3.05) is 13.2 Å². The van der Waals surface area contributed by atoms with Gasteiger partial charge < -0.3 is 10.1 Å². The number of rotatable bonds is 9. The second-order valence-corrected chi connectivity index (χ2v) is 7.71. The molecule has 0 aliphatic carbocycles. The fraction of sp³-hybridized carbons (Fsp3) is 0.269. The molecule has 0 radical (unpaired) electrons. The third-order valence-electron chi connectivity index (χ3n) is 5.36. The van der Waals surface area contributed by atoms with Crippen LogP contribution in [-0.4, -0.2) is 22.9 Å². The van der Waals surface area contributed by atoms with Crippen molar-refractivity contribution < 1.29 is 4.74 Å². The summed E-state index contributed by atoms with van der Waals surface area (Å²) in [5, 5.41) is 9.64. The quantitative estimate of drug-likeness (QED) is 0.390. The number of para-hydroxylation sites is 2. The summed E-state index contributed by atoms with van der Waals surface area (Å²) in [6, 6.07) is 25.2. The molecule has 3 aromatic carbocycles. The SMILES string of the molecule is Cc1cccc(C)c1OCCCNCc1nn(Cc2ccccc2)c2ccccc12. The zero-order valence-corrected chi connectivity index (χ0v) is 17.8. The van der Waals surface area contributed by atoms with Gasteiger partial charge in [0.05, 0.1) is 24.4 Å². The number of aromatic nitrogens is 2. The van der Waals surface area contributed by atoms with Gasteiger partial charge in [-0.05, 0) is 49.6 Å². The van der Waals surface area contributed by atoms with E-state index in [0.29, 0.717) is 6.61 Å². The van der Waals surface area contributed by atoms with Crippen molar-refractivity contribution in [2.45, 2.75) is 33.4 Å². The zero-order valence-electron chi connectivity index (χ0n) is 17.8. The molecule has 4 nitrogen and oxygen atoms in total. The normalized spacial score (nSPS) is 11.1. The number of aryl methyl sites for hydroxylation is 2. The number of hydrogen-bond donors (Lipinski definition) is 1. The van der Waals surface area contributed by atoms with Crippen LogP contribution >= 0.6 is 0 Å². The number of hydrogen-bond acceptors (Lipinski definition) is 3. The first kappa shape index (κ1) is 20.2. The second kappa shape index (κ2) is 9.59. The van der Waals surface area contributed by atoms with E-state index in [1.807, 2.05) is 6.07 Å². The molecular formula is C26H29N3O. The fourth-order valence-electron chi connectivity index (χ4n) is 3.81. The first-order valence-corrected chi connectivity index (χ1v) is 10.6. The molecule has 0 aliphatic rings. The van der Waals surface area contributed by atoms with E-state index in [9.17, 15) is 0 Å². The highest BCUT2D eigenvalue weighted by atomic mass is 16.5. The molecule has 0 aliphatic heterocycles. The molecule has 0 saturated heterocycles. The molecule has 0 amide bonds. The summed E-state index contributed by atoms with van der Waals surface area (Å²) in [4.78, 5) is 0. The van der Waals surface area contributed by atoms with Gasteiger partial charge in [0.15, 0.2) is 0 Å². The predicted molar refractivity (Wildman–Crippen MR) is 123 cm³/mol. The molecule has 0 unspecified atom stereocenters. The molecule has 1 N–H and O–H groups in total. The minimum absolute atomic E-state index is 0.710. The van der Waals surface area contributed by atoms with Crippen molar-refractivity contribution in [2.24, 2.45) is 0 Å². The van der Waals surface area contributed by atoms with Gasteiger partial charge in [0.25, 0.3) is 0 Å². The summed E-state index contributed by atoms with van der Waals surface area (Å²) in [5.74, 6) is 1.02. The standard InChI is InChI=1S/C26H29N3O/c1-20-10-8-11-21(2)26(20)30-17-9-16-27-18-24-23-14-6-7-15-25(23)29(28-24)19-22-12-4-3-5-13-22/h3-8,10-15,27H,9,16-19H2,1-2H3. The summed E-state index contributed by atoms with van der Waals surface area (Å²) in [7, 11) is 0. The van der Waals surface area contributed by atoms with Gasteiger partial charge in [0.2, 0.25) is 0 Å². The van der Waals surface area contributed by atoms with Crippen LogP contribution in [-0.2, 0) is 13.1 Å². The van der Waals surface area contributed by atoms with E-state index in [-0.39, 0.29) is 0 Å². The molecule has 30 heavy (non-hydrogen) atoms. The van der Waals surface area contributed by atoms with Crippen molar-refractivity contribution in [1.29, 1.82) is 0 Å². The monoisotopic (exact) mass is 399 g/mol. The van der Waals surface area contributed by atoms with Crippen LogP contribution in [0.25, 0.3) is 10.9 Å². The van der Waals surface area contributed by atoms with Gasteiger partial charge in [-0.3, -0.25) is 4.68 Å². The maximum absolute atomic E-state index is 6.00. The number of fused-ring (bicyclic) bond motifs is 1. The lowest BCUT2D eigenvalue weighted by atomic mass is 10.1. The molecule has 4 aromatic rings. The van der Waals surface area contributed by atoms with Crippen molar-refractivity contribution in [3.05, 3.63) is 95.2 Å². The smallest absolute Gasteiger partial charge is 0.125 e. The van der Waals surface area contributed by atoms with Gasteiger partial charge >= 0.3 is 0 Å². The van der Waals surface area contributed by atoms with E-state index in [0.717, 1.165) is 37.5 Å². The van der Waals surface area contributed by atoms with Crippen LogP contribution in [0.2, 0.25) is 0 Å². The van der Waals surface area contributed by atoms with Gasteiger partial charge in [-0.15, -0.1) is 0 Å². The van der Waals surface area contributed by atoms with Gasteiger partial charge in [0, 0.05) is 11.9 Å². The van der Waals surface area contributed by atoms with Crippen LogP contribution in [0.3, 0.4) is 0 Å². The van der Waals surface area contributed by atoms with Crippen LogP contribution in [0.1, 0.15) is 28.8 Å². The summed E-state index contributed by atoms with van der Waals surface area (Å²) >= 11 is 0. The third kappa shape index (κ3) is 4.71. The Morgan fingerprint density at radius 3 is 2.40 bits per heavy atom. The Morgan fingerprint density at radius 1 is 0.867 bits per heavy atom. The largest absolute Gasteiger partial charge is 0.493 e. The summed E-state index contributed by atoms with van der Waals surface area (Å²) < 4.78 is 8.10. The van der Waals surface area contributed by atoms with Gasteiger partial charge in [-0.1, -0.05) is 66.7 Å². The number of benzene rings is 3. The minimum atomic E-state index is 0.710. The Morgan fingerprint density at radius 2 is 1.60 bits per heavy atom. The van der Waals surface area contributed by atoms with Crippen LogP contribution in [0, 0.1) is 13.8 Å². The minimum Gasteiger partial charge on any atom is -0.493 e. The van der Waals surface area contributed by atoms with E-state index in [2.05, 4.69) is 90.6 Å². The summed E-state index contributed by atoms with van der Waals surface area (Å²) in [6.07, 6.45) is 0.955. The Bertz CT molecular complexity index is 1080. The number of ether oxygens (including phenoxy) is 1. The van der Waals surface area contributed by atoms with Crippen molar-refractivity contribution in [1.82, 2.24) is 15.1 Å². The highest BCUT2D eigenvalue weighted by molar-refractivity contribution is 5.82. The van der Waals surface area contributed by atoms with Crippen LogP contribution in [0.5, 0.6) is 5.75 Å². The lowest BCUT2D eigenvalue weighted by Crippen LogP contribution is -2.18. The molecule has 4 rings (SSSR count). The Balaban J connectivity index is 1.33. The number of nitrogens with zero attached hydrogens (tertiary/aromatic N) is 2. The molecule has 0 fully saturated rings. The van der Waals surface area contributed by atoms with Crippen molar-refractivity contribution in [3.8, 4) is 5.75 Å². The Hall–Kier alpha value is -3.11. The first-order valence-electron chi connectivity index (χ1n) is 10.6. The lowest BCUT2D eigenvalue weighted by molar-refractivity contribution is 0.304. The van der Waals surface area contributed by atoms with Crippen molar-refractivity contribution >= 4 is 10.9 Å². The summed E-state index contributed by atoms with van der Waals surface area (Å²) in [6.45, 7) is 7.33. The highest BCUT2D eigenvalue weighted by Crippen LogP contribution is 2.22. The van der Waals surface area contributed by atoms with E-state index in [1.54, 1.807) is 0 Å². The molecule has 0 atom stereocenters. The van der Waals surface area contributed by atoms with E-state index in [1.165, 1.54) is 27.6 Å². The van der Waals surface area contributed by atoms with Gasteiger partial charge in [-0.25, -0.2) is 0 Å². The Labute approximate surface area is 178 Å². The van der Waals surface area contributed by atoms with E-state index >= 15 is 0 Å². The maximum Gasteiger partial charge on any atom is 0.125 e. The molecule has 0 bridgehead atoms. The van der Waals surface area contributed by atoms with Crippen LogP contribution < -0.4 is 10.1 Å². The average molecular weight is 400 g/mol. The number of nitrogens with one attached hydrogen (secondary N) is 1. The first-order chi connectivity index (χ1) is 14.7. The zero-order chi connectivity index (χ0) is 20.8. The van der Waals surface area contributed by atoms with Gasteiger partial charge in [0.1, 0.15) is 5.75 Å². The second-order valence-electron chi connectivity index (χ2n) is 7.71. The topological polar surface area (TPSA) is 39.1 Å². The van der Waals surface area contributed by atoms with Gasteiger partial charge in [-0.2, -0.15) is 5.10 Å². The molecular weight excluding hydrogens is 370 g/mol. The molecule has 4 heteroatoms. The molecule has 1 aromatic heterocycles. The maximum atomic E-state index is 6.00. The van der Waals surface area contributed by atoms with E-state index < -0.39 is 0 Å². The van der Waals surface area contributed by atoms with Crippen LogP contribution in [0.4, 0.5) is 0 Å². The van der Waals surface area contributed by atoms with Crippen LogP contribution in [0.15, 0.2) is 72.8 Å². The summed E-state index contributed by atoms with van der Waals surface area (Å²) in [5.41, 5.74) is 5.92. The fourth-order valence-corrected chi connectivity index (χ4v) is 3.81. The lowest BCUT2D eigenvalue weighted by Gasteiger charge is -2.12. The van der Waals surface area contributed by atoms with Crippen molar-refractivity contribution in [3.63, 3.8) is 0 Å². The molecule has 0 spiro atoms. The highest BCUT2D eigenvalue weighted by Gasteiger charge is 2.10.